The molecule has 4 aromatic carbocycles. The maximum absolute atomic E-state index is 12.3. The van der Waals surface area contributed by atoms with Crippen molar-refractivity contribution < 1.29 is 38.1 Å². The van der Waals surface area contributed by atoms with Crippen molar-refractivity contribution in [3.8, 4) is 22.3 Å². The van der Waals surface area contributed by atoms with Gasteiger partial charge in [0, 0.05) is 30.3 Å². The lowest BCUT2D eigenvalue weighted by Gasteiger charge is -2.27. The zero-order valence-electron chi connectivity index (χ0n) is 32.2. The van der Waals surface area contributed by atoms with Gasteiger partial charge in [-0.05, 0) is 98.2 Å². The first-order valence-corrected chi connectivity index (χ1v) is 18.2. The molecule has 1 amide bonds. The Hall–Kier alpha value is -4.16. The average Bonchev–Trinajstić information content (AvgIpc) is 3.12. The molecule has 0 spiro atoms. The topological polar surface area (TPSA) is 135 Å². The molecule has 4 rings (SSSR count). The third-order valence-electron chi connectivity index (χ3n) is 8.07. The van der Waals surface area contributed by atoms with Gasteiger partial charge in [-0.1, -0.05) is 96.0 Å². The van der Waals surface area contributed by atoms with Gasteiger partial charge in [0.1, 0.15) is 5.60 Å². The molecule has 0 fully saturated rings. The van der Waals surface area contributed by atoms with E-state index in [4.69, 9.17) is 52.6 Å². The monoisotopic (exact) mass is 816 g/mol. The minimum atomic E-state index is -0.977. The van der Waals surface area contributed by atoms with Crippen LogP contribution in [0.25, 0.3) is 22.3 Å². The predicted octanol–water partition coefficient (Wildman–Crippen LogP) is 8.51. The Balaban J connectivity index is 0.000000382. The smallest absolute Gasteiger partial charge is 0.407 e. The highest BCUT2D eigenvalue weighted by molar-refractivity contribution is 6.31. The third-order valence-corrected chi connectivity index (χ3v) is 8.54. The molecular weight excluding hydrogens is 767 g/mol. The van der Waals surface area contributed by atoms with E-state index in [9.17, 15) is 14.4 Å². The number of ether oxygens (including phenoxy) is 5. The van der Waals surface area contributed by atoms with Crippen molar-refractivity contribution in [3.05, 3.63) is 118 Å². The molecule has 0 saturated heterocycles. The molecule has 4 aromatic rings. The Bertz CT molecular complexity index is 1800. The fourth-order valence-corrected chi connectivity index (χ4v) is 5.92. The number of carbonyl (C=O) groups is 3. The van der Waals surface area contributed by atoms with Crippen LogP contribution in [-0.2, 0) is 46.1 Å². The Morgan fingerprint density at radius 3 is 1.56 bits per heavy atom. The van der Waals surface area contributed by atoms with Crippen LogP contribution in [0.3, 0.4) is 0 Å². The molecule has 2 unspecified atom stereocenters. The van der Waals surface area contributed by atoms with E-state index in [0.717, 1.165) is 33.4 Å². The molecule has 55 heavy (non-hydrogen) atoms. The standard InChI is InChI=1S/C23H28ClNO5.C19H22ClNO3.ClH/c1-23(2,3)30-22(27)25-19(20(28-4)21(26)29-5)13-15-9-11-16(12-10-15)17-7-6-8-18(24)14-17;1-3-24-19(22)18(23-2)17(21)11-13-7-9-14(10-8-13)15-5-4-6-16(20)12-15;/h6-12,14,19-20H,13H2,1-5H3,(H,25,27);4-10,12,17-18H,3,11,21H2,1-2H3;1H/t19-,20?;17-,18?;/m11./s1. The van der Waals surface area contributed by atoms with Crippen LogP contribution < -0.4 is 11.1 Å². The van der Waals surface area contributed by atoms with Crippen LogP contribution in [0, 0.1) is 0 Å². The van der Waals surface area contributed by atoms with E-state index in [1.54, 1.807) is 27.7 Å². The lowest BCUT2D eigenvalue weighted by Crippen LogP contribution is -2.50. The number of methoxy groups -OCH3 is 3. The molecular formula is C42H51Cl3N2O8. The van der Waals surface area contributed by atoms with Gasteiger partial charge in [0.25, 0.3) is 0 Å². The number of benzene rings is 4. The lowest BCUT2D eigenvalue weighted by molar-refractivity contribution is -0.156. The van der Waals surface area contributed by atoms with Crippen molar-refractivity contribution in [2.45, 2.75) is 70.4 Å². The highest BCUT2D eigenvalue weighted by Gasteiger charge is 2.32. The van der Waals surface area contributed by atoms with E-state index < -0.39 is 47.9 Å². The zero-order valence-corrected chi connectivity index (χ0v) is 34.5. The first-order chi connectivity index (χ1) is 25.7. The summed E-state index contributed by atoms with van der Waals surface area (Å²) in [4.78, 5) is 36.3. The minimum absolute atomic E-state index is 0. The number of halogens is 3. The molecule has 0 aliphatic heterocycles. The minimum Gasteiger partial charge on any atom is -0.467 e. The van der Waals surface area contributed by atoms with Crippen LogP contribution in [0.2, 0.25) is 10.0 Å². The second-order valence-electron chi connectivity index (χ2n) is 13.3. The van der Waals surface area contributed by atoms with Crippen LogP contribution in [-0.4, -0.2) is 75.9 Å². The lowest BCUT2D eigenvalue weighted by atomic mass is 9.98. The summed E-state index contributed by atoms with van der Waals surface area (Å²) in [6.45, 7) is 7.36. The largest absolute Gasteiger partial charge is 0.467 e. The van der Waals surface area contributed by atoms with E-state index in [-0.39, 0.29) is 12.4 Å². The third kappa shape index (κ3) is 15.5. The van der Waals surface area contributed by atoms with Crippen LogP contribution >= 0.6 is 35.6 Å². The number of esters is 2. The number of alkyl carbamates (subject to hydrolysis) is 1. The number of hydrogen-bond donors (Lipinski definition) is 2. The first-order valence-electron chi connectivity index (χ1n) is 17.4. The van der Waals surface area contributed by atoms with Crippen LogP contribution in [0.15, 0.2) is 97.1 Å². The Labute approximate surface area is 340 Å². The molecule has 3 N–H and O–H groups in total. The molecule has 0 saturated carbocycles. The van der Waals surface area contributed by atoms with Gasteiger partial charge in [-0.25, -0.2) is 14.4 Å². The van der Waals surface area contributed by atoms with Gasteiger partial charge in [0.2, 0.25) is 0 Å². The first kappa shape index (κ1) is 47.0. The average molecular weight is 818 g/mol. The van der Waals surface area contributed by atoms with Crippen molar-refractivity contribution in [1.29, 1.82) is 0 Å². The molecule has 298 valence electrons. The number of nitrogens with one attached hydrogen (secondary N) is 1. The zero-order chi connectivity index (χ0) is 39.8. The Morgan fingerprint density at radius 1 is 0.691 bits per heavy atom. The quantitative estimate of drug-likeness (QED) is 0.0949. The number of nitrogens with two attached hydrogens (primary N) is 1. The van der Waals surface area contributed by atoms with E-state index in [1.807, 2.05) is 97.1 Å². The van der Waals surface area contributed by atoms with E-state index in [1.165, 1.54) is 21.3 Å². The normalized spacial score (nSPS) is 13.1. The Morgan fingerprint density at radius 2 is 1.16 bits per heavy atom. The van der Waals surface area contributed by atoms with Crippen molar-refractivity contribution in [1.82, 2.24) is 5.32 Å². The fraction of sp³-hybridized carbons (Fsp3) is 0.357. The summed E-state index contributed by atoms with van der Waals surface area (Å²) >= 11 is 12.1. The van der Waals surface area contributed by atoms with Crippen LogP contribution in [0.1, 0.15) is 38.8 Å². The molecule has 0 aliphatic carbocycles. The maximum atomic E-state index is 12.3. The van der Waals surface area contributed by atoms with Crippen molar-refractivity contribution in [3.63, 3.8) is 0 Å². The Kier molecular flexibility index (Phi) is 19.7. The number of hydrogen-bond acceptors (Lipinski definition) is 9. The summed E-state index contributed by atoms with van der Waals surface area (Å²) in [6, 6.07) is 30.0. The van der Waals surface area contributed by atoms with E-state index in [0.29, 0.717) is 29.5 Å². The molecule has 0 bridgehead atoms. The number of carbonyl (C=O) groups excluding carboxylic acids is 3. The summed E-state index contributed by atoms with van der Waals surface area (Å²) in [5, 5.41) is 4.11. The molecule has 4 atom stereocenters. The summed E-state index contributed by atoms with van der Waals surface area (Å²) in [6.07, 6.45) is -1.50. The van der Waals surface area contributed by atoms with Gasteiger partial charge in [-0.2, -0.15) is 0 Å². The van der Waals surface area contributed by atoms with Crippen molar-refractivity contribution in [2.24, 2.45) is 5.73 Å². The molecule has 0 aliphatic rings. The van der Waals surface area contributed by atoms with Crippen molar-refractivity contribution >= 4 is 53.6 Å². The summed E-state index contributed by atoms with van der Waals surface area (Å²) in [5.74, 6) is -1.00. The van der Waals surface area contributed by atoms with Crippen LogP contribution in [0.5, 0.6) is 0 Å². The number of amides is 1. The molecule has 10 nitrogen and oxygen atoms in total. The second-order valence-corrected chi connectivity index (χ2v) is 14.2. The molecule has 0 radical (unpaired) electrons. The maximum Gasteiger partial charge on any atom is 0.407 e. The summed E-state index contributed by atoms with van der Waals surface area (Å²) < 4.78 is 25.6. The van der Waals surface area contributed by atoms with E-state index >= 15 is 0 Å². The van der Waals surface area contributed by atoms with Crippen LogP contribution in [0.4, 0.5) is 4.79 Å². The van der Waals surface area contributed by atoms with Gasteiger partial charge in [-0.3, -0.25) is 0 Å². The number of rotatable bonds is 14. The predicted molar refractivity (Wildman–Crippen MR) is 220 cm³/mol. The molecule has 0 aromatic heterocycles. The summed E-state index contributed by atoms with van der Waals surface area (Å²) in [7, 11) is 4.13. The van der Waals surface area contributed by atoms with Gasteiger partial charge >= 0.3 is 18.0 Å². The molecule has 13 heteroatoms. The fourth-order valence-electron chi connectivity index (χ4n) is 5.54. The van der Waals surface area contributed by atoms with Gasteiger partial charge in [-0.15, -0.1) is 12.4 Å². The highest BCUT2D eigenvalue weighted by atomic mass is 35.5. The van der Waals surface area contributed by atoms with Crippen molar-refractivity contribution in [2.75, 3.05) is 27.9 Å². The SMILES string of the molecule is CCOC(=O)C(OC)[C@H](N)Cc1ccc(-c2cccc(Cl)c2)cc1.COC(=O)C(OC)[C@@H](Cc1ccc(-c2cccc(Cl)c2)cc1)NC(=O)OC(C)(C)C.Cl. The van der Waals surface area contributed by atoms with Gasteiger partial charge in [0.05, 0.1) is 19.8 Å². The van der Waals surface area contributed by atoms with E-state index in [2.05, 4.69) is 5.32 Å². The van der Waals surface area contributed by atoms with Gasteiger partial charge in [0.15, 0.2) is 12.2 Å². The molecule has 0 heterocycles. The van der Waals surface area contributed by atoms with Gasteiger partial charge < -0.3 is 34.7 Å². The highest BCUT2D eigenvalue weighted by Crippen LogP contribution is 2.25. The summed E-state index contributed by atoms with van der Waals surface area (Å²) in [5.41, 5.74) is 11.5. The second kappa shape index (κ2) is 23.0.